The van der Waals surface area contributed by atoms with Crippen LogP contribution in [0.15, 0.2) is 35.9 Å². The Labute approximate surface area is 134 Å². The number of halogens is 1. The molecule has 0 aromatic heterocycles. The van der Waals surface area contributed by atoms with Crippen molar-refractivity contribution in [1.29, 1.82) is 0 Å². The first-order chi connectivity index (χ1) is 11.0. The molecular formula is C17H20FN3O2. The van der Waals surface area contributed by atoms with Crippen molar-refractivity contribution in [1.82, 2.24) is 10.2 Å². The Kier molecular flexibility index (Phi) is 4.32. The van der Waals surface area contributed by atoms with Crippen molar-refractivity contribution in [3.8, 4) is 0 Å². The number of hydrogen-bond donors (Lipinski definition) is 1. The van der Waals surface area contributed by atoms with Gasteiger partial charge in [0, 0.05) is 25.3 Å². The molecule has 0 bridgehead atoms. The van der Waals surface area contributed by atoms with Crippen LogP contribution >= 0.6 is 0 Å². The minimum absolute atomic E-state index is 0.144. The van der Waals surface area contributed by atoms with E-state index in [0.717, 1.165) is 12.0 Å². The van der Waals surface area contributed by atoms with Crippen molar-refractivity contribution < 1.29 is 14.0 Å². The topological polar surface area (TPSA) is 52.7 Å². The van der Waals surface area contributed by atoms with E-state index in [-0.39, 0.29) is 17.8 Å². The number of anilines is 1. The summed E-state index contributed by atoms with van der Waals surface area (Å²) in [5.41, 5.74) is 1.82. The smallest absolute Gasteiger partial charge is 0.318 e. The highest BCUT2D eigenvalue weighted by Crippen LogP contribution is 2.22. The number of hydrogen-bond acceptors (Lipinski definition) is 2. The molecule has 3 rings (SSSR count). The summed E-state index contributed by atoms with van der Waals surface area (Å²) < 4.78 is 13.0. The van der Waals surface area contributed by atoms with Gasteiger partial charge < -0.3 is 15.1 Å². The first-order valence-corrected chi connectivity index (χ1v) is 7.82. The highest BCUT2D eigenvalue weighted by Gasteiger charge is 2.34. The number of amides is 3. The van der Waals surface area contributed by atoms with E-state index in [1.165, 1.54) is 12.1 Å². The molecule has 0 aliphatic carbocycles. The van der Waals surface area contributed by atoms with Crippen molar-refractivity contribution in [2.45, 2.75) is 25.8 Å². The van der Waals surface area contributed by atoms with Gasteiger partial charge in [0.15, 0.2) is 0 Å². The lowest BCUT2D eigenvalue weighted by molar-refractivity contribution is -0.118. The molecule has 1 N–H and O–H groups in total. The second kappa shape index (κ2) is 6.40. The van der Waals surface area contributed by atoms with Crippen LogP contribution in [0, 0.1) is 5.82 Å². The summed E-state index contributed by atoms with van der Waals surface area (Å²) in [6, 6.07) is 5.11. The maximum atomic E-state index is 13.0. The number of nitrogens with zero attached hydrogens (tertiary/aromatic N) is 2. The van der Waals surface area contributed by atoms with E-state index in [0.29, 0.717) is 31.7 Å². The maximum absolute atomic E-state index is 13.0. The van der Waals surface area contributed by atoms with E-state index in [9.17, 15) is 14.0 Å². The molecule has 3 amide bonds. The van der Waals surface area contributed by atoms with Crippen LogP contribution in [-0.4, -0.2) is 42.5 Å². The first kappa shape index (κ1) is 15.5. The fourth-order valence-electron chi connectivity index (χ4n) is 3.02. The van der Waals surface area contributed by atoms with Crippen LogP contribution < -0.4 is 10.2 Å². The molecule has 0 saturated carbocycles. The summed E-state index contributed by atoms with van der Waals surface area (Å²) in [6.45, 7) is 3.80. The monoisotopic (exact) mass is 317 g/mol. The molecule has 2 aliphatic heterocycles. The fraction of sp³-hybridized carbons (Fsp3) is 0.412. The molecule has 1 saturated heterocycles. The van der Waals surface area contributed by atoms with Gasteiger partial charge in [-0.2, -0.15) is 0 Å². The number of carbonyl (C=O) groups excluding carboxylic acids is 2. The molecule has 23 heavy (non-hydrogen) atoms. The van der Waals surface area contributed by atoms with E-state index in [1.807, 2.05) is 6.92 Å². The summed E-state index contributed by atoms with van der Waals surface area (Å²) in [7, 11) is 0. The van der Waals surface area contributed by atoms with Crippen molar-refractivity contribution in [2.24, 2.45) is 0 Å². The lowest BCUT2D eigenvalue weighted by Gasteiger charge is -2.27. The molecule has 6 heteroatoms. The predicted molar refractivity (Wildman–Crippen MR) is 85.6 cm³/mol. The van der Waals surface area contributed by atoms with E-state index in [1.54, 1.807) is 21.9 Å². The second-order valence-electron chi connectivity index (χ2n) is 6.02. The van der Waals surface area contributed by atoms with Gasteiger partial charge in [-0.25, -0.2) is 9.18 Å². The first-order valence-electron chi connectivity index (χ1n) is 7.82. The van der Waals surface area contributed by atoms with Crippen LogP contribution in [-0.2, 0) is 4.79 Å². The van der Waals surface area contributed by atoms with E-state index < -0.39 is 6.04 Å². The highest BCUT2D eigenvalue weighted by molar-refractivity contribution is 6.01. The maximum Gasteiger partial charge on any atom is 0.318 e. The van der Waals surface area contributed by atoms with Crippen LogP contribution in [0.5, 0.6) is 0 Å². The molecule has 122 valence electrons. The van der Waals surface area contributed by atoms with E-state index in [4.69, 9.17) is 0 Å². The van der Waals surface area contributed by atoms with Gasteiger partial charge in [-0.1, -0.05) is 11.6 Å². The van der Waals surface area contributed by atoms with Crippen molar-refractivity contribution >= 4 is 17.6 Å². The third-order valence-corrected chi connectivity index (χ3v) is 4.26. The van der Waals surface area contributed by atoms with Crippen molar-refractivity contribution in [3.63, 3.8) is 0 Å². The van der Waals surface area contributed by atoms with E-state index in [2.05, 4.69) is 11.4 Å². The second-order valence-corrected chi connectivity index (χ2v) is 6.02. The summed E-state index contributed by atoms with van der Waals surface area (Å²) in [5.74, 6) is -0.479. The van der Waals surface area contributed by atoms with Gasteiger partial charge in [-0.3, -0.25) is 4.79 Å². The summed E-state index contributed by atoms with van der Waals surface area (Å²) in [6.07, 6.45) is 3.53. The van der Waals surface area contributed by atoms with Crippen LogP contribution in [0.2, 0.25) is 0 Å². The molecule has 2 heterocycles. The summed E-state index contributed by atoms with van der Waals surface area (Å²) >= 11 is 0. The van der Waals surface area contributed by atoms with Gasteiger partial charge in [-0.15, -0.1) is 0 Å². The van der Waals surface area contributed by atoms with Crippen LogP contribution in [0.3, 0.4) is 0 Å². The molecule has 1 atom stereocenters. The summed E-state index contributed by atoms with van der Waals surface area (Å²) in [4.78, 5) is 28.1. The van der Waals surface area contributed by atoms with Crippen LogP contribution in [0.1, 0.15) is 19.8 Å². The molecule has 1 aromatic rings. The Balaban J connectivity index is 1.62. The Hall–Kier alpha value is -2.37. The zero-order valence-electron chi connectivity index (χ0n) is 13.1. The van der Waals surface area contributed by atoms with E-state index >= 15 is 0 Å². The number of carbonyl (C=O) groups is 2. The molecule has 2 aliphatic rings. The standard InChI is InChI=1S/C17H20FN3O2/c1-12-3-2-9-20(11-12)17(23)19-15-8-10-21(16(15)22)14-6-4-13(18)5-7-14/h3-7,15H,2,8-11H2,1H3,(H,19,23). The van der Waals surface area contributed by atoms with Crippen molar-refractivity contribution in [3.05, 3.63) is 41.7 Å². The fourth-order valence-corrected chi connectivity index (χ4v) is 3.02. The minimum atomic E-state index is -0.515. The van der Waals surface area contributed by atoms with Crippen LogP contribution in [0.4, 0.5) is 14.9 Å². The zero-order valence-corrected chi connectivity index (χ0v) is 13.1. The number of urea groups is 1. The molecule has 1 unspecified atom stereocenters. The van der Waals surface area contributed by atoms with Gasteiger partial charge in [0.05, 0.1) is 0 Å². The largest absolute Gasteiger partial charge is 0.326 e. The quantitative estimate of drug-likeness (QED) is 0.851. The zero-order chi connectivity index (χ0) is 16.4. The lowest BCUT2D eigenvalue weighted by atomic mass is 10.1. The average Bonchev–Trinajstić information content (AvgIpc) is 2.89. The normalized spacial score (nSPS) is 21.4. The molecule has 0 spiro atoms. The molecular weight excluding hydrogens is 297 g/mol. The lowest BCUT2D eigenvalue weighted by Crippen LogP contribution is -2.49. The molecule has 1 aromatic carbocycles. The van der Waals surface area contributed by atoms with Gasteiger partial charge in [-0.05, 0) is 44.0 Å². The third kappa shape index (κ3) is 3.36. The molecule has 1 fully saturated rings. The van der Waals surface area contributed by atoms with Gasteiger partial charge >= 0.3 is 6.03 Å². The Morgan fingerprint density at radius 2 is 2.00 bits per heavy atom. The minimum Gasteiger partial charge on any atom is -0.326 e. The summed E-state index contributed by atoms with van der Waals surface area (Å²) in [5, 5.41) is 2.82. The third-order valence-electron chi connectivity index (χ3n) is 4.26. The van der Waals surface area contributed by atoms with Gasteiger partial charge in [0.25, 0.3) is 0 Å². The number of rotatable bonds is 2. The van der Waals surface area contributed by atoms with Crippen molar-refractivity contribution in [2.75, 3.05) is 24.5 Å². The molecule has 0 radical (unpaired) electrons. The van der Waals surface area contributed by atoms with Crippen LogP contribution in [0.25, 0.3) is 0 Å². The molecule has 5 nitrogen and oxygen atoms in total. The van der Waals surface area contributed by atoms with Gasteiger partial charge in [0.1, 0.15) is 11.9 Å². The Bertz CT molecular complexity index is 642. The Morgan fingerprint density at radius 3 is 2.70 bits per heavy atom. The van der Waals surface area contributed by atoms with Gasteiger partial charge in [0.2, 0.25) is 5.91 Å². The predicted octanol–water partition coefficient (Wildman–Crippen LogP) is 2.29. The Morgan fingerprint density at radius 1 is 1.26 bits per heavy atom. The number of benzene rings is 1. The highest BCUT2D eigenvalue weighted by atomic mass is 19.1. The average molecular weight is 317 g/mol. The number of nitrogens with one attached hydrogen (secondary N) is 1. The SMILES string of the molecule is CC1=CCCN(C(=O)NC2CCN(c3ccc(F)cc3)C2=O)C1.